The zero-order valence-corrected chi connectivity index (χ0v) is 14.4. The van der Waals surface area contributed by atoms with Crippen LogP contribution in [0.4, 0.5) is 10.2 Å². The van der Waals surface area contributed by atoms with E-state index < -0.39 is 5.82 Å². The number of morpholine rings is 1. The van der Waals surface area contributed by atoms with Crippen molar-refractivity contribution in [3.05, 3.63) is 52.7 Å². The maximum absolute atomic E-state index is 13.6. The van der Waals surface area contributed by atoms with E-state index in [-0.39, 0.29) is 18.0 Å². The highest BCUT2D eigenvalue weighted by Crippen LogP contribution is 2.14. The zero-order chi connectivity index (χ0) is 17.8. The molecule has 7 heteroatoms. The highest BCUT2D eigenvalue weighted by molar-refractivity contribution is 5.94. The van der Waals surface area contributed by atoms with Gasteiger partial charge in [-0.15, -0.1) is 0 Å². The number of halogens is 1. The third kappa shape index (κ3) is 4.30. The molecule has 0 unspecified atom stereocenters. The minimum atomic E-state index is -0.394. The van der Waals surface area contributed by atoms with Crippen LogP contribution in [0.25, 0.3) is 0 Å². The van der Waals surface area contributed by atoms with Gasteiger partial charge in [-0.3, -0.25) is 4.79 Å². The lowest BCUT2D eigenvalue weighted by atomic mass is 10.1. The van der Waals surface area contributed by atoms with Crippen molar-refractivity contribution in [1.82, 2.24) is 15.3 Å². The first kappa shape index (κ1) is 17.3. The van der Waals surface area contributed by atoms with Crippen molar-refractivity contribution in [2.45, 2.75) is 20.4 Å². The van der Waals surface area contributed by atoms with E-state index >= 15 is 0 Å². The van der Waals surface area contributed by atoms with E-state index in [0.29, 0.717) is 24.6 Å². The van der Waals surface area contributed by atoms with E-state index in [4.69, 9.17) is 4.74 Å². The fourth-order valence-corrected chi connectivity index (χ4v) is 2.64. The second-order valence-electron chi connectivity index (χ2n) is 6.03. The van der Waals surface area contributed by atoms with Crippen LogP contribution in [0, 0.1) is 19.7 Å². The van der Waals surface area contributed by atoms with Crippen molar-refractivity contribution < 1.29 is 13.9 Å². The molecule has 2 heterocycles. The molecule has 132 valence electrons. The molecule has 1 fully saturated rings. The molecular weight excluding hydrogens is 323 g/mol. The highest BCUT2D eigenvalue weighted by atomic mass is 19.1. The van der Waals surface area contributed by atoms with Gasteiger partial charge in [-0.25, -0.2) is 14.4 Å². The lowest BCUT2D eigenvalue weighted by molar-refractivity contribution is 0.0949. The summed E-state index contributed by atoms with van der Waals surface area (Å²) in [4.78, 5) is 23.2. The minimum absolute atomic E-state index is 0.188. The number of benzene rings is 1. The predicted octanol–water partition coefficient (Wildman–Crippen LogP) is 2.00. The number of nitrogens with zero attached hydrogens (tertiary/aromatic N) is 3. The first-order valence-corrected chi connectivity index (χ1v) is 8.24. The largest absolute Gasteiger partial charge is 0.378 e. The molecule has 0 atom stereocenters. The Morgan fingerprint density at radius 2 is 2.00 bits per heavy atom. The van der Waals surface area contributed by atoms with Crippen LogP contribution in [0.1, 0.15) is 27.4 Å². The molecule has 0 bridgehead atoms. The summed E-state index contributed by atoms with van der Waals surface area (Å²) >= 11 is 0. The number of nitrogens with one attached hydrogen (secondary N) is 1. The summed E-state index contributed by atoms with van der Waals surface area (Å²) in [5, 5.41) is 2.75. The van der Waals surface area contributed by atoms with Gasteiger partial charge in [0.05, 0.1) is 19.8 Å². The molecular formula is C18H21FN4O2. The molecule has 1 saturated heterocycles. The van der Waals surface area contributed by atoms with Gasteiger partial charge in [0.15, 0.2) is 0 Å². The lowest BCUT2D eigenvalue weighted by Gasteiger charge is -2.28. The van der Waals surface area contributed by atoms with Gasteiger partial charge in [0.2, 0.25) is 0 Å². The van der Waals surface area contributed by atoms with Crippen LogP contribution in [-0.4, -0.2) is 42.2 Å². The van der Waals surface area contributed by atoms with E-state index in [1.807, 2.05) is 13.0 Å². The topological polar surface area (TPSA) is 67.3 Å². The molecule has 1 amide bonds. The van der Waals surface area contributed by atoms with Gasteiger partial charge in [-0.05, 0) is 31.5 Å². The number of anilines is 1. The van der Waals surface area contributed by atoms with E-state index in [0.717, 1.165) is 24.6 Å². The molecule has 1 aromatic heterocycles. The fourth-order valence-electron chi connectivity index (χ4n) is 2.64. The molecule has 25 heavy (non-hydrogen) atoms. The van der Waals surface area contributed by atoms with Gasteiger partial charge < -0.3 is 15.0 Å². The van der Waals surface area contributed by atoms with Crippen molar-refractivity contribution in [3.8, 4) is 0 Å². The van der Waals surface area contributed by atoms with Crippen molar-refractivity contribution in [2.24, 2.45) is 0 Å². The Bertz CT molecular complexity index is 776. The van der Waals surface area contributed by atoms with Gasteiger partial charge in [-0.1, -0.05) is 6.07 Å². The Morgan fingerprint density at radius 3 is 2.72 bits per heavy atom. The van der Waals surface area contributed by atoms with E-state index in [2.05, 4.69) is 20.2 Å². The van der Waals surface area contributed by atoms with Gasteiger partial charge in [-0.2, -0.15) is 0 Å². The molecule has 6 nitrogen and oxygen atoms in total. The predicted molar refractivity (Wildman–Crippen MR) is 92.1 cm³/mol. The van der Waals surface area contributed by atoms with E-state index in [1.165, 1.54) is 6.07 Å². The van der Waals surface area contributed by atoms with Crippen molar-refractivity contribution in [2.75, 3.05) is 31.2 Å². The Hall–Kier alpha value is -2.54. The van der Waals surface area contributed by atoms with Crippen LogP contribution in [0.2, 0.25) is 0 Å². The average molecular weight is 344 g/mol. The van der Waals surface area contributed by atoms with Gasteiger partial charge in [0, 0.05) is 30.4 Å². The number of carbonyl (C=O) groups excluding carboxylic acids is 1. The third-order valence-corrected chi connectivity index (χ3v) is 4.06. The number of aromatic nitrogens is 2. The molecule has 0 aliphatic carbocycles. The van der Waals surface area contributed by atoms with Crippen molar-refractivity contribution in [3.63, 3.8) is 0 Å². The zero-order valence-electron chi connectivity index (χ0n) is 14.4. The Morgan fingerprint density at radius 1 is 1.24 bits per heavy atom. The summed E-state index contributed by atoms with van der Waals surface area (Å²) in [7, 11) is 0. The lowest BCUT2D eigenvalue weighted by Crippen LogP contribution is -2.37. The Labute approximate surface area is 146 Å². The summed E-state index contributed by atoms with van der Waals surface area (Å²) in [6.45, 7) is 6.66. The molecule has 3 rings (SSSR count). The highest BCUT2D eigenvalue weighted by Gasteiger charge is 2.15. The molecule has 0 saturated carbocycles. The summed E-state index contributed by atoms with van der Waals surface area (Å²) in [6.07, 6.45) is 0. The van der Waals surface area contributed by atoms with E-state index in [1.54, 1.807) is 19.1 Å². The monoisotopic (exact) mass is 344 g/mol. The maximum atomic E-state index is 13.6. The Balaban J connectivity index is 1.68. The van der Waals surface area contributed by atoms with Crippen LogP contribution in [0.15, 0.2) is 24.3 Å². The Kier molecular flexibility index (Phi) is 5.23. The molecule has 1 N–H and O–H groups in total. The van der Waals surface area contributed by atoms with Crippen LogP contribution >= 0.6 is 0 Å². The molecule has 0 spiro atoms. The summed E-state index contributed by atoms with van der Waals surface area (Å²) in [5.41, 5.74) is 1.62. The SMILES string of the molecule is Cc1cc(N2CCOCC2)nc(CNC(=O)c2ccc(C)c(F)c2)n1. The van der Waals surface area contributed by atoms with Gasteiger partial charge in [0.1, 0.15) is 17.5 Å². The quantitative estimate of drug-likeness (QED) is 0.919. The number of ether oxygens (including phenoxy) is 1. The molecule has 2 aromatic rings. The van der Waals surface area contributed by atoms with Crippen LogP contribution in [0.3, 0.4) is 0 Å². The first-order chi connectivity index (χ1) is 12.0. The number of hydrogen-bond donors (Lipinski definition) is 1. The van der Waals surface area contributed by atoms with Crippen LogP contribution < -0.4 is 10.2 Å². The van der Waals surface area contributed by atoms with E-state index in [9.17, 15) is 9.18 Å². The number of amides is 1. The second-order valence-corrected chi connectivity index (χ2v) is 6.03. The molecule has 0 radical (unpaired) electrons. The second kappa shape index (κ2) is 7.57. The van der Waals surface area contributed by atoms with Crippen LogP contribution in [-0.2, 0) is 11.3 Å². The number of rotatable bonds is 4. The minimum Gasteiger partial charge on any atom is -0.378 e. The smallest absolute Gasteiger partial charge is 0.251 e. The number of hydrogen-bond acceptors (Lipinski definition) is 5. The van der Waals surface area contributed by atoms with Gasteiger partial charge >= 0.3 is 0 Å². The summed E-state index contributed by atoms with van der Waals surface area (Å²) < 4.78 is 18.9. The number of carbonyl (C=O) groups is 1. The van der Waals surface area contributed by atoms with Crippen LogP contribution in [0.5, 0.6) is 0 Å². The van der Waals surface area contributed by atoms with Crippen molar-refractivity contribution in [1.29, 1.82) is 0 Å². The standard InChI is InChI=1S/C18H21FN4O2/c1-12-3-4-14(10-15(12)19)18(24)20-11-16-21-13(2)9-17(22-16)23-5-7-25-8-6-23/h3-4,9-10H,5-8,11H2,1-2H3,(H,20,24). The fraction of sp³-hybridized carbons (Fsp3) is 0.389. The molecule has 1 aliphatic rings. The molecule has 1 aromatic carbocycles. The third-order valence-electron chi connectivity index (χ3n) is 4.06. The normalized spacial score (nSPS) is 14.4. The summed E-state index contributed by atoms with van der Waals surface area (Å²) in [5.74, 6) is 0.620. The average Bonchev–Trinajstić information content (AvgIpc) is 2.62. The van der Waals surface area contributed by atoms with Gasteiger partial charge in [0.25, 0.3) is 5.91 Å². The first-order valence-electron chi connectivity index (χ1n) is 8.24. The molecule has 1 aliphatic heterocycles. The summed E-state index contributed by atoms with van der Waals surface area (Å²) in [6, 6.07) is 6.35. The van der Waals surface area contributed by atoms with Crippen molar-refractivity contribution >= 4 is 11.7 Å². The maximum Gasteiger partial charge on any atom is 0.251 e. The number of aryl methyl sites for hydroxylation is 2.